The van der Waals surface area contributed by atoms with Crippen LogP contribution in [0.25, 0.3) is 10.4 Å². The lowest BCUT2D eigenvalue weighted by atomic mass is 10.1. The molecule has 2 unspecified atom stereocenters. The number of hydrogen-bond donors (Lipinski definition) is 2. The van der Waals surface area contributed by atoms with E-state index in [1.54, 1.807) is 29.5 Å². The zero-order chi connectivity index (χ0) is 19.2. The largest absolute Gasteiger partial charge is 0.494 e. The van der Waals surface area contributed by atoms with E-state index in [4.69, 9.17) is 10.3 Å². The van der Waals surface area contributed by atoms with E-state index in [1.807, 2.05) is 48.7 Å². The SMILES string of the molecule is CC(Cc1ccc(C(=O)Nc2cc(-c3cccs3)ccc2N)cc1)O[PH+]=O. The number of anilines is 2. The molecule has 2 aromatic carbocycles. The summed E-state index contributed by atoms with van der Waals surface area (Å²) in [5.74, 6) is -0.220. The lowest BCUT2D eigenvalue weighted by Gasteiger charge is -2.11. The number of nitrogens with one attached hydrogen (secondary N) is 1. The van der Waals surface area contributed by atoms with Crippen molar-refractivity contribution >= 4 is 37.3 Å². The van der Waals surface area contributed by atoms with E-state index in [0.717, 1.165) is 16.0 Å². The maximum atomic E-state index is 12.6. The summed E-state index contributed by atoms with van der Waals surface area (Å²) in [4.78, 5) is 13.7. The Hall–Kier alpha value is -2.53. The van der Waals surface area contributed by atoms with Crippen LogP contribution in [-0.2, 0) is 15.5 Å². The number of nitrogen functional groups attached to an aromatic ring is 1. The van der Waals surface area contributed by atoms with Gasteiger partial charge in [-0.05, 0) is 58.3 Å². The number of nitrogens with two attached hydrogens (primary N) is 1. The summed E-state index contributed by atoms with van der Waals surface area (Å²) in [7, 11) is -0.769. The van der Waals surface area contributed by atoms with Gasteiger partial charge in [-0.25, -0.2) is 0 Å². The molecule has 3 aromatic rings. The van der Waals surface area contributed by atoms with Gasteiger partial charge in [0.2, 0.25) is 0 Å². The second kappa shape index (κ2) is 8.91. The van der Waals surface area contributed by atoms with Crippen molar-refractivity contribution in [3.8, 4) is 10.4 Å². The van der Waals surface area contributed by atoms with Crippen molar-refractivity contribution < 1.29 is 13.9 Å². The molecule has 0 aliphatic heterocycles. The predicted molar refractivity (Wildman–Crippen MR) is 112 cm³/mol. The average molecular weight is 399 g/mol. The monoisotopic (exact) mass is 399 g/mol. The van der Waals surface area contributed by atoms with Gasteiger partial charge in [-0.15, -0.1) is 15.9 Å². The van der Waals surface area contributed by atoms with Crippen LogP contribution in [0.3, 0.4) is 0 Å². The van der Waals surface area contributed by atoms with Crippen molar-refractivity contribution in [1.29, 1.82) is 0 Å². The molecule has 0 aliphatic rings. The van der Waals surface area contributed by atoms with Crippen LogP contribution in [0.2, 0.25) is 0 Å². The smallest absolute Gasteiger partial charge is 0.397 e. The zero-order valence-electron chi connectivity index (χ0n) is 14.8. The normalized spacial score (nSPS) is 12.0. The summed E-state index contributed by atoms with van der Waals surface area (Å²) in [6.07, 6.45) is 0.493. The van der Waals surface area contributed by atoms with Crippen molar-refractivity contribution in [1.82, 2.24) is 0 Å². The van der Waals surface area contributed by atoms with Crippen LogP contribution in [0, 0.1) is 0 Å². The van der Waals surface area contributed by atoms with Crippen molar-refractivity contribution in [3.63, 3.8) is 0 Å². The molecular weight excluding hydrogens is 379 g/mol. The number of carbonyl (C=O) groups excluding carboxylic acids is 1. The molecule has 1 aromatic heterocycles. The first kappa shape index (κ1) is 19.2. The molecule has 1 amide bonds. The van der Waals surface area contributed by atoms with Crippen LogP contribution in [0.4, 0.5) is 11.4 Å². The molecule has 0 saturated carbocycles. The third-order valence-corrected chi connectivity index (χ3v) is 5.51. The van der Waals surface area contributed by atoms with Gasteiger partial charge < -0.3 is 11.1 Å². The molecule has 3 rings (SSSR count). The first-order valence-corrected chi connectivity index (χ1v) is 10.1. The van der Waals surface area contributed by atoms with Crippen LogP contribution in [0.5, 0.6) is 0 Å². The quantitative estimate of drug-likeness (QED) is 0.426. The Bertz CT molecular complexity index is 927. The van der Waals surface area contributed by atoms with Gasteiger partial charge in [-0.1, -0.05) is 24.3 Å². The fraction of sp³-hybridized carbons (Fsp3) is 0.150. The fourth-order valence-corrected chi connectivity index (χ4v) is 3.67. The van der Waals surface area contributed by atoms with E-state index < -0.39 is 8.69 Å². The number of hydrogen-bond acceptors (Lipinski definition) is 5. The lowest BCUT2D eigenvalue weighted by Crippen LogP contribution is -2.13. The number of thiophene rings is 1. The molecule has 3 N–H and O–H groups in total. The third-order valence-electron chi connectivity index (χ3n) is 4.10. The molecule has 27 heavy (non-hydrogen) atoms. The fourth-order valence-electron chi connectivity index (χ4n) is 2.70. The highest BCUT2D eigenvalue weighted by Gasteiger charge is 2.12. The standard InChI is InChI=1S/C20H19N2O3PS/c1-13(25-26-24)11-14-4-6-15(7-5-14)20(23)22-18-12-16(8-9-17(18)21)19-3-2-10-27-19/h2-10,12-13,26H,11,21H2,1H3/p+1. The first-order chi connectivity index (χ1) is 13.1. The summed E-state index contributed by atoms with van der Waals surface area (Å²) >= 11 is 1.63. The van der Waals surface area contributed by atoms with Crippen molar-refractivity contribution in [2.24, 2.45) is 0 Å². The Labute approximate surface area is 163 Å². The number of amides is 1. The summed E-state index contributed by atoms with van der Waals surface area (Å²) < 4.78 is 15.6. The van der Waals surface area contributed by atoms with Gasteiger partial charge in [0, 0.05) is 16.9 Å². The maximum absolute atomic E-state index is 12.6. The van der Waals surface area contributed by atoms with Gasteiger partial charge >= 0.3 is 8.69 Å². The van der Waals surface area contributed by atoms with Crippen molar-refractivity contribution in [2.75, 3.05) is 11.1 Å². The average Bonchev–Trinajstić information content (AvgIpc) is 3.19. The third kappa shape index (κ3) is 5.01. The molecule has 0 radical (unpaired) electrons. The highest BCUT2D eigenvalue weighted by atomic mass is 32.1. The number of rotatable bonds is 7. The van der Waals surface area contributed by atoms with E-state index in [2.05, 4.69) is 5.32 Å². The van der Waals surface area contributed by atoms with E-state index in [9.17, 15) is 9.36 Å². The van der Waals surface area contributed by atoms with E-state index in [-0.39, 0.29) is 12.0 Å². The molecule has 5 nitrogen and oxygen atoms in total. The molecule has 1 heterocycles. The topological polar surface area (TPSA) is 81.4 Å². The molecule has 0 fully saturated rings. The highest BCUT2D eigenvalue weighted by Crippen LogP contribution is 2.30. The van der Waals surface area contributed by atoms with Gasteiger partial charge in [0.15, 0.2) is 0 Å². The van der Waals surface area contributed by atoms with E-state index in [0.29, 0.717) is 23.4 Å². The summed E-state index contributed by atoms with van der Waals surface area (Å²) in [6, 6.07) is 16.9. The Kier molecular flexibility index (Phi) is 6.35. The summed E-state index contributed by atoms with van der Waals surface area (Å²) in [5, 5.41) is 4.89. The van der Waals surface area contributed by atoms with E-state index >= 15 is 0 Å². The molecule has 0 aliphatic carbocycles. The second-order valence-electron chi connectivity index (χ2n) is 6.15. The molecule has 2 atom stereocenters. The van der Waals surface area contributed by atoms with Gasteiger partial charge in [-0.3, -0.25) is 4.79 Å². The van der Waals surface area contributed by atoms with Gasteiger partial charge in [-0.2, -0.15) is 0 Å². The van der Waals surface area contributed by atoms with Gasteiger partial charge in [0.1, 0.15) is 6.10 Å². The lowest BCUT2D eigenvalue weighted by molar-refractivity contribution is 0.102. The zero-order valence-corrected chi connectivity index (χ0v) is 16.6. The van der Waals surface area contributed by atoms with Crippen molar-refractivity contribution in [3.05, 3.63) is 71.1 Å². The van der Waals surface area contributed by atoms with Crippen molar-refractivity contribution in [2.45, 2.75) is 19.4 Å². The van der Waals surface area contributed by atoms with Gasteiger partial charge in [0.05, 0.1) is 11.4 Å². The Morgan fingerprint density at radius 1 is 1.22 bits per heavy atom. The molecule has 138 valence electrons. The van der Waals surface area contributed by atoms with Crippen LogP contribution in [0.1, 0.15) is 22.8 Å². The second-order valence-corrected chi connectivity index (χ2v) is 7.50. The van der Waals surface area contributed by atoms with Crippen LogP contribution >= 0.6 is 20.0 Å². The Morgan fingerprint density at radius 2 is 2.00 bits per heavy atom. The van der Waals surface area contributed by atoms with Crippen LogP contribution in [-0.4, -0.2) is 12.0 Å². The minimum atomic E-state index is -0.769. The van der Waals surface area contributed by atoms with Crippen LogP contribution < -0.4 is 11.1 Å². The molecule has 0 bridgehead atoms. The van der Waals surface area contributed by atoms with Crippen LogP contribution in [0.15, 0.2) is 60.0 Å². The Balaban J connectivity index is 1.72. The summed E-state index contributed by atoms with van der Waals surface area (Å²) in [6.45, 7) is 1.86. The van der Waals surface area contributed by atoms with E-state index in [1.165, 1.54) is 0 Å². The predicted octanol–water partition coefficient (Wildman–Crippen LogP) is 5.14. The maximum Gasteiger partial charge on any atom is 0.494 e. The molecule has 7 heteroatoms. The minimum Gasteiger partial charge on any atom is -0.397 e. The highest BCUT2D eigenvalue weighted by molar-refractivity contribution is 7.17. The molecule has 0 saturated heterocycles. The first-order valence-electron chi connectivity index (χ1n) is 8.43. The minimum absolute atomic E-state index is 0.139. The number of carbonyl (C=O) groups is 1. The van der Waals surface area contributed by atoms with Gasteiger partial charge in [0.25, 0.3) is 5.91 Å². The summed E-state index contributed by atoms with van der Waals surface area (Å²) in [5.41, 5.74) is 9.70. The number of benzene rings is 2. The molecular formula is C20H20N2O3PS+. The Morgan fingerprint density at radius 3 is 2.67 bits per heavy atom. The molecule has 0 spiro atoms.